The fourth-order valence-electron chi connectivity index (χ4n) is 3.46. The first-order valence-corrected chi connectivity index (χ1v) is 11.7. The van der Waals surface area contributed by atoms with E-state index in [2.05, 4.69) is 15.3 Å². The molecule has 0 saturated heterocycles. The highest BCUT2D eigenvalue weighted by Gasteiger charge is 2.14. The van der Waals surface area contributed by atoms with Crippen LogP contribution >= 0.6 is 11.6 Å². The van der Waals surface area contributed by atoms with Gasteiger partial charge in [-0.2, -0.15) is 0 Å². The smallest absolute Gasteiger partial charge is 0.253 e. The molecule has 3 aromatic rings. The van der Waals surface area contributed by atoms with Gasteiger partial charge in [0.25, 0.3) is 5.91 Å². The summed E-state index contributed by atoms with van der Waals surface area (Å²) >= 11 is 5.77. The molecule has 9 nitrogen and oxygen atoms in total. The van der Waals surface area contributed by atoms with Crippen molar-refractivity contribution >= 4 is 29.3 Å². The zero-order chi connectivity index (χ0) is 26.1. The summed E-state index contributed by atoms with van der Waals surface area (Å²) in [5, 5.41) is 29.1. The fraction of sp³-hybridized carbons (Fsp3) is 0.269. The number of carbonyl (C=O) groups is 1. The van der Waals surface area contributed by atoms with Crippen LogP contribution in [0.5, 0.6) is 0 Å². The molecule has 4 N–H and O–H groups in total. The number of amides is 1. The van der Waals surface area contributed by atoms with Crippen molar-refractivity contribution in [2.24, 2.45) is 0 Å². The van der Waals surface area contributed by atoms with Gasteiger partial charge >= 0.3 is 0 Å². The number of hydrogen-bond donors (Lipinski definition) is 4. The van der Waals surface area contributed by atoms with Crippen molar-refractivity contribution in [1.82, 2.24) is 20.2 Å². The second-order valence-electron chi connectivity index (χ2n) is 8.31. The van der Waals surface area contributed by atoms with Crippen molar-refractivity contribution in [2.75, 3.05) is 20.1 Å². The van der Waals surface area contributed by atoms with E-state index in [-0.39, 0.29) is 17.7 Å². The number of benzene rings is 1. The van der Waals surface area contributed by atoms with Gasteiger partial charge in [-0.3, -0.25) is 20.6 Å². The summed E-state index contributed by atoms with van der Waals surface area (Å²) in [6, 6.07) is 12.6. The van der Waals surface area contributed by atoms with Crippen LogP contribution in [0, 0.1) is 10.8 Å². The molecule has 10 heteroatoms. The van der Waals surface area contributed by atoms with Gasteiger partial charge in [-0.25, -0.2) is 4.98 Å². The lowest BCUT2D eigenvalue weighted by molar-refractivity contribution is 0.0785. The van der Waals surface area contributed by atoms with Crippen LogP contribution in [0.15, 0.2) is 61.1 Å². The molecule has 0 bridgehead atoms. The molecule has 2 heterocycles. The van der Waals surface area contributed by atoms with E-state index in [0.29, 0.717) is 41.5 Å². The highest BCUT2D eigenvalue weighted by Crippen LogP contribution is 2.14. The number of pyridine rings is 2. The Bertz CT molecular complexity index is 1200. The van der Waals surface area contributed by atoms with Crippen LogP contribution in [0.1, 0.15) is 45.6 Å². The predicted molar refractivity (Wildman–Crippen MR) is 139 cm³/mol. The Hall–Kier alpha value is -3.66. The van der Waals surface area contributed by atoms with Crippen LogP contribution in [0.25, 0.3) is 0 Å². The van der Waals surface area contributed by atoms with Gasteiger partial charge in [-0.1, -0.05) is 29.8 Å². The van der Waals surface area contributed by atoms with Crippen molar-refractivity contribution in [1.29, 1.82) is 10.8 Å². The Labute approximate surface area is 215 Å². The molecule has 1 amide bonds. The van der Waals surface area contributed by atoms with Crippen molar-refractivity contribution in [2.45, 2.75) is 26.0 Å². The summed E-state index contributed by atoms with van der Waals surface area (Å²) in [5.41, 5.74) is 3.53. The number of ether oxygens (including phenoxy) is 1. The second-order valence-corrected chi connectivity index (χ2v) is 8.70. The zero-order valence-electron chi connectivity index (χ0n) is 20.2. The van der Waals surface area contributed by atoms with Gasteiger partial charge in [0.05, 0.1) is 11.7 Å². The van der Waals surface area contributed by atoms with E-state index in [1.807, 2.05) is 12.1 Å². The quantitative estimate of drug-likeness (QED) is 0.143. The van der Waals surface area contributed by atoms with Gasteiger partial charge < -0.3 is 20.1 Å². The van der Waals surface area contributed by atoms with E-state index >= 15 is 0 Å². The van der Waals surface area contributed by atoms with E-state index in [1.165, 1.54) is 13.1 Å². The first-order valence-electron chi connectivity index (χ1n) is 11.3. The Balaban J connectivity index is 1.48. The molecule has 0 spiro atoms. The van der Waals surface area contributed by atoms with Crippen molar-refractivity contribution in [3.8, 4) is 0 Å². The number of aliphatic hydroxyl groups excluding tert-OH is 1. The Morgan fingerprint density at radius 1 is 1.11 bits per heavy atom. The molecule has 1 unspecified atom stereocenters. The van der Waals surface area contributed by atoms with E-state index in [4.69, 9.17) is 27.2 Å². The predicted octanol–water partition coefficient (Wildman–Crippen LogP) is 3.61. The lowest BCUT2D eigenvalue weighted by Crippen LogP contribution is -2.26. The summed E-state index contributed by atoms with van der Waals surface area (Å²) in [6.45, 7) is 2.83. The average Bonchev–Trinajstić information content (AvgIpc) is 2.86. The van der Waals surface area contributed by atoms with Gasteiger partial charge in [0.1, 0.15) is 5.15 Å². The topological polar surface area (TPSA) is 135 Å². The average molecular weight is 509 g/mol. The number of hydrogen-bond acceptors (Lipinski definition) is 8. The number of nitrogens with one attached hydrogen (secondary N) is 3. The number of aromatic nitrogens is 2. The third kappa shape index (κ3) is 7.94. The van der Waals surface area contributed by atoms with Crippen molar-refractivity contribution in [3.63, 3.8) is 0 Å². The van der Waals surface area contributed by atoms with Gasteiger partial charge in [0, 0.05) is 56.8 Å². The summed E-state index contributed by atoms with van der Waals surface area (Å²) in [7, 11) is 1.71. The number of aliphatic hydroxyl groups is 1. The SMILES string of the molecule is CC(=N)OC(=N)c1cncc(CN(C)C(=O)c2ccc(CCNCC(O)c3ccc(Cl)nc3)cc2)c1. The van der Waals surface area contributed by atoms with Crippen LogP contribution in [-0.4, -0.2) is 57.8 Å². The van der Waals surface area contributed by atoms with Crippen LogP contribution in [0.4, 0.5) is 0 Å². The summed E-state index contributed by atoms with van der Waals surface area (Å²) in [5.74, 6) is -0.371. The third-order valence-electron chi connectivity index (χ3n) is 5.34. The fourth-order valence-corrected chi connectivity index (χ4v) is 3.58. The molecule has 0 radical (unpaired) electrons. The number of nitrogens with zero attached hydrogens (tertiary/aromatic N) is 3. The standard InChI is InChI=1S/C26H29ClN6O3/c1-17(28)36-25(29)22-11-19(12-31-13-22)16-33(2)26(35)20-5-3-18(4-6-20)9-10-30-15-23(34)21-7-8-24(27)32-14-21/h3-8,11-14,23,28-30,34H,9-10,15-16H2,1-2H3. The van der Waals surface area contributed by atoms with Crippen molar-refractivity contribution < 1.29 is 14.6 Å². The normalized spacial score (nSPS) is 11.6. The molecule has 0 saturated carbocycles. The van der Waals surface area contributed by atoms with Crippen LogP contribution in [0.2, 0.25) is 5.15 Å². The van der Waals surface area contributed by atoms with E-state index < -0.39 is 6.10 Å². The maximum absolute atomic E-state index is 12.9. The first-order chi connectivity index (χ1) is 17.2. The van der Waals surface area contributed by atoms with E-state index in [1.54, 1.807) is 54.7 Å². The first kappa shape index (κ1) is 26.9. The minimum Gasteiger partial charge on any atom is -0.425 e. The maximum Gasteiger partial charge on any atom is 0.253 e. The van der Waals surface area contributed by atoms with Gasteiger partial charge in [-0.15, -0.1) is 0 Å². The Morgan fingerprint density at radius 2 is 1.86 bits per heavy atom. The minimum atomic E-state index is -0.667. The molecule has 0 fully saturated rings. The number of rotatable bonds is 10. The highest BCUT2D eigenvalue weighted by molar-refractivity contribution is 6.29. The largest absolute Gasteiger partial charge is 0.425 e. The van der Waals surface area contributed by atoms with Gasteiger partial charge in [-0.05, 0) is 48.4 Å². The number of carbonyl (C=O) groups excluding carboxylic acids is 1. The minimum absolute atomic E-state index is 0.0787. The van der Waals surface area contributed by atoms with Crippen LogP contribution in [-0.2, 0) is 17.7 Å². The number of halogens is 1. The molecular formula is C26H29ClN6O3. The van der Waals surface area contributed by atoms with Crippen LogP contribution < -0.4 is 5.32 Å². The molecule has 1 atom stereocenters. The lowest BCUT2D eigenvalue weighted by Gasteiger charge is -2.18. The third-order valence-corrected chi connectivity index (χ3v) is 5.57. The van der Waals surface area contributed by atoms with Gasteiger partial charge in [0.2, 0.25) is 5.90 Å². The van der Waals surface area contributed by atoms with E-state index in [9.17, 15) is 9.90 Å². The molecule has 0 aliphatic heterocycles. The van der Waals surface area contributed by atoms with Crippen molar-refractivity contribution in [3.05, 3.63) is 94.0 Å². The molecule has 0 aliphatic rings. The summed E-state index contributed by atoms with van der Waals surface area (Å²) < 4.78 is 5.02. The van der Waals surface area contributed by atoms with Gasteiger partial charge in [0.15, 0.2) is 5.90 Å². The van der Waals surface area contributed by atoms with E-state index in [0.717, 1.165) is 17.5 Å². The Kier molecular flexibility index (Phi) is 9.63. The Morgan fingerprint density at radius 3 is 2.53 bits per heavy atom. The molecule has 36 heavy (non-hydrogen) atoms. The molecule has 3 rings (SSSR count). The maximum atomic E-state index is 12.9. The molecule has 0 aliphatic carbocycles. The molecule has 1 aromatic carbocycles. The second kappa shape index (κ2) is 12.9. The monoisotopic (exact) mass is 508 g/mol. The highest BCUT2D eigenvalue weighted by atomic mass is 35.5. The molecule has 188 valence electrons. The molecular weight excluding hydrogens is 480 g/mol. The summed E-state index contributed by atoms with van der Waals surface area (Å²) in [4.78, 5) is 22.5. The zero-order valence-corrected chi connectivity index (χ0v) is 20.9. The summed E-state index contributed by atoms with van der Waals surface area (Å²) in [6.07, 6.45) is 4.76. The van der Waals surface area contributed by atoms with Crippen LogP contribution in [0.3, 0.4) is 0 Å². The lowest BCUT2D eigenvalue weighted by atomic mass is 10.1. The molecule has 2 aromatic heterocycles.